The molecule has 1 aromatic carbocycles. The lowest BCUT2D eigenvalue weighted by Crippen LogP contribution is -2.27. The lowest BCUT2D eigenvalue weighted by Gasteiger charge is -2.32. The Kier molecular flexibility index (Phi) is 1.83. The summed E-state index contributed by atoms with van der Waals surface area (Å²) in [4.78, 5) is 13.5. The molecule has 0 unspecified atom stereocenters. The first-order valence-electron chi connectivity index (χ1n) is 6.69. The number of carbonyl (C=O) groups excluding carboxylic acids is 1. The molecule has 4 atom stereocenters. The molecule has 5 rings (SSSR count). The molecule has 1 aromatic heterocycles. The summed E-state index contributed by atoms with van der Waals surface area (Å²) in [5, 5.41) is 2.04. The molecule has 0 N–H and O–H groups in total. The van der Waals surface area contributed by atoms with Gasteiger partial charge in [0.2, 0.25) is 0 Å². The van der Waals surface area contributed by atoms with E-state index in [1.807, 2.05) is 11.4 Å². The number of carbonyl (C=O) groups is 1. The van der Waals surface area contributed by atoms with Crippen LogP contribution in [0.15, 0.2) is 35.7 Å². The van der Waals surface area contributed by atoms with Crippen LogP contribution in [0.2, 0.25) is 0 Å². The summed E-state index contributed by atoms with van der Waals surface area (Å²) in [5.41, 5.74) is 3.59. The predicted octanol–water partition coefficient (Wildman–Crippen LogP) is 3.86. The molecule has 2 bridgehead atoms. The molecule has 0 spiro atoms. The van der Waals surface area contributed by atoms with Crippen molar-refractivity contribution in [1.29, 1.82) is 0 Å². The summed E-state index contributed by atoms with van der Waals surface area (Å²) in [6.07, 6.45) is 0.936. The quantitative estimate of drug-likeness (QED) is 0.725. The maximum atomic E-state index is 12.2. The van der Waals surface area contributed by atoms with Gasteiger partial charge in [-0.15, -0.1) is 11.3 Å². The van der Waals surface area contributed by atoms with Gasteiger partial charge in [0.25, 0.3) is 0 Å². The predicted molar refractivity (Wildman–Crippen MR) is 72.5 cm³/mol. The van der Waals surface area contributed by atoms with Gasteiger partial charge in [0.1, 0.15) is 0 Å². The maximum absolute atomic E-state index is 12.2. The zero-order valence-electron chi connectivity index (χ0n) is 10.2. The number of fused-ring (bicyclic) bond motifs is 10. The van der Waals surface area contributed by atoms with Crippen molar-refractivity contribution >= 4 is 17.1 Å². The standard InChI is InChI=1S/C16H12O2S/c17-12-7-11-13(16-10(12)5-6-19-16)15-9-4-2-1-3-8(9)14(11)18-15/h1-6,11,13-15H,7H2/t11-,13+,14+,15-/m1/s1. The van der Waals surface area contributed by atoms with Gasteiger partial charge in [-0.05, 0) is 22.6 Å². The van der Waals surface area contributed by atoms with Crippen molar-refractivity contribution in [3.63, 3.8) is 0 Å². The van der Waals surface area contributed by atoms with Crippen molar-refractivity contribution in [2.45, 2.75) is 24.5 Å². The van der Waals surface area contributed by atoms with Crippen LogP contribution in [0.5, 0.6) is 0 Å². The van der Waals surface area contributed by atoms with Gasteiger partial charge in [0.15, 0.2) is 5.78 Å². The minimum absolute atomic E-state index is 0.130. The minimum atomic E-state index is 0.130. The molecule has 3 heteroatoms. The van der Waals surface area contributed by atoms with E-state index in [-0.39, 0.29) is 12.2 Å². The number of ether oxygens (including phenoxy) is 1. The molecule has 3 heterocycles. The van der Waals surface area contributed by atoms with Crippen LogP contribution in [-0.4, -0.2) is 5.78 Å². The van der Waals surface area contributed by atoms with Crippen molar-refractivity contribution in [2.75, 3.05) is 0 Å². The third-order valence-electron chi connectivity index (χ3n) is 4.80. The van der Waals surface area contributed by atoms with Crippen LogP contribution in [0.25, 0.3) is 0 Å². The minimum Gasteiger partial charge on any atom is -0.365 e. The summed E-state index contributed by atoms with van der Waals surface area (Å²) >= 11 is 1.72. The second-order valence-corrected chi connectivity index (χ2v) is 6.57. The van der Waals surface area contributed by atoms with Crippen molar-refractivity contribution < 1.29 is 9.53 Å². The number of hydrogen-bond donors (Lipinski definition) is 0. The Bertz CT molecular complexity index is 702. The Balaban J connectivity index is 1.73. The molecule has 0 amide bonds. The molecule has 0 saturated carbocycles. The van der Waals surface area contributed by atoms with E-state index in [0.717, 1.165) is 5.56 Å². The van der Waals surface area contributed by atoms with E-state index in [9.17, 15) is 4.79 Å². The molecule has 1 aliphatic carbocycles. The van der Waals surface area contributed by atoms with E-state index < -0.39 is 0 Å². The number of rotatable bonds is 0. The van der Waals surface area contributed by atoms with E-state index in [1.54, 1.807) is 11.3 Å². The molecular formula is C16H12O2S. The molecule has 19 heavy (non-hydrogen) atoms. The number of hydrogen-bond acceptors (Lipinski definition) is 3. The van der Waals surface area contributed by atoms with E-state index in [1.165, 1.54) is 16.0 Å². The highest BCUT2D eigenvalue weighted by Gasteiger charge is 2.55. The molecule has 2 aromatic rings. The average molecular weight is 268 g/mol. The van der Waals surface area contributed by atoms with Crippen LogP contribution >= 0.6 is 11.3 Å². The molecule has 0 radical (unpaired) electrons. The zero-order valence-corrected chi connectivity index (χ0v) is 11.0. The second kappa shape index (κ2) is 3.35. The fourth-order valence-electron chi connectivity index (χ4n) is 4.06. The molecular weight excluding hydrogens is 256 g/mol. The fourth-order valence-corrected chi connectivity index (χ4v) is 5.17. The summed E-state index contributed by atoms with van der Waals surface area (Å²) in [6.45, 7) is 0. The topological polar surface area (TPSA) is 26.3 Å². The first-order valence-corrected chi connectivity index (χ1v) is 7.57. The summed E-state index contributed by atoms with van der Waals surface area (Å²) < 4.78 is 6.22. The van der Waals surface area contributed by atoms with Gasteiger partial charge in [0.05, 0.1) is 12.2 Å². The van der Waals surface area contributed by atoms with Crippen molar-refractivity contribution in [3.05, 3.63) is 57.3 Å². The molecule has 2 nitrogen and oxygen atoms in total. The molecule has 3 aliphatic rings. The highest BCUT2D eigenvalue weighted by atomic mass is 32.1. The van der Waals surface area contributed by atoms with Crippen LogP contribution in [0.3, 0.4) is 0 Å². The van der Waals surface area contributed by atoms with Gasteiger partial charge in [-0.25, -0.2) is 0 Å². The van der Waals surface area contributed by atoms with E-state index >= 15 is 0 Å². The number of ketones is 1. The van der Waals surface area contributed by atoms with Crippen LogP contribution in [0, 0.1) is 5.92 Å². The van der Waals surface area contributed by atoms with E-state index in [0.29, 0.717) is 24.0 Å². The van der Waals surface area contributed by atoms with Crippen LogP contribution in [0.4, 0.5) is 0 Å². The third kappa shape index (κ3) is 1.14. The van der Waals surface area contributed by atoms with Gasteiger partial charge >= 0.3 is 0 Å². The number of Topliss-reactive ketones (excluding diaryl/α,β-unsaturated/α-hetero) is 1. The normalized spacial score (nSPS) is 34.0. The smallest absolute Gasteiger partial charge is 0.164 e. The molecule has 1 fully saturated rings. The van der Waals surface area contributed by atoms with Gasteiger partial charge in [-0.2, -0.15) is 0 Å². The number of benzene rings is 1. The Morgan fingerprint density at radius 3 is 2.74 bits per heavy atom. The van der Waals surface area contributed by atoms with Gasteiger partial charge < -0.3 is 4.74 Å². The fraction of sp³-hybridized carbons (Fsp3) is 0.312. The summed E-state index contributed by atoms with van der Waals surface area (Å²) in [5.74, 6) is 1.04. The van der Waals surface area contributed by atoms with Gasteiger partial charge in [-0.3, -0.25) is 4.79 Å². The van der Waals surface area contributed by atoms with E-state index in [2.05, 4.69) is 24.3 Å². The average Bonchev–Trinajstić information content (AvgIpc) is 3.11. The Hall–Kier alpha value is -1.45. The van der Waals surface area contributed by atoms with Crippen molar-refractivity contribution in [3.8, 4) is 0 Å². The first kappa shape index (κ1) is 10.4. The lowest BCUT2D eigenvalue weighted by molar-refractivity contribution is 0.0565. The number of thiophene rings is 1. The van der Waals surface area contributed by atoms with Crippen LogP contribution < -0.4 is 0 Å². The second-order valence-electron chi connectivity index (χ2n) is 5.62. The highest BCUT2D eigenvalue weighted by Crippen LogP contribution is 2.64. The van der Waals surface area contributed by atoms with Crippen molar-refractivity contribution in [2.24, 2.45) is 5.92 Å². The molecule has 94 valence electrons. The largest absolute Gasteiger partial charge is 0.365 e. The SMILES string of the molecule is O=C1C[C@@H]2[C@H](c3sccc31)[C@@H]1O[C@H]2c2ccccc21. The summed E-state index contributed by atoms with van der Waals surface area (Å²) in [6, 6.07) is 10.5. The van der Waals surface area contributed by atoms with Crippen molar-refractivity contribution in [1.82, 2.24) is 0 Å². The molecule has 1 saturated heterocycles. The highest BCUT2D eigenvalue weighted by molar-refractivity contribution is 7.10. The Labute approximate surface area is 115 Å². The Morgan fingerprint density at radius 1 is 1.11 bits per heavy atom. The first-order chi connectivity index (χ1) is 9.34. The third-order valence-corrected chi connectivity index (χ3v) is 5.82. The molecule has 2 aliphatic heterocycles. The monoisotopic (exact) mass is 268 g/mol. The Morgan fingerprint density at radius 2 is 1.89 bits per heavy atom. The van der Waals surface area contributed by atoms with Gasteiger partial charge in [-0.1, -0.05) is 24.3 Å². The zero-order chi connectivity index (χ0) is 12.6. The maximum Gasteiger partial charge on any atom is 0.164 e. The van der Waals surface area contributed by atoms with E-state index in [4.69, 9.17) is 4.74 Å². The van der Waals surface area contributed by atoms with Crippen LogP contribution in [-0.2, 0) is 4.74 Å². The van der Waals surface area contributed by atoms with Gasteiger partial charge in [0, 0.05) is 28.7 Å². The lowest BCUT2D eigenvalue weighted by atomic mass is 9.69. The summed E-state index contributed by atoms with van der Waals surface area (Å²) in [7, 11) is 0. The van der Waals surface area contributed by atoms with Crippen LogP contribution in [0.1, 0.15) is 50.9 Å².